The van der Waals surface area contributed by atoms with Gasteiger partial charge in [-0.3, -0.25) is 0 Å². The third-order valence-electron chi connectivity index (χ3n) is 5.10. The van der Waals surface area contributed by atoms with Gasteiger partial charge in [-0.25, -0.2) is 0 Å². The molecule has 0 bridgehead atoms. The Morgan fingerprint density at radius 1 is 1.05 bits per heavy atom. The Labute approximate surface area is 132 Å². The van der Waals surface area contributed by atoms with E-state index in [1.807, 2.05) is 0 Å². The van der Waals surface area contributed by atoms with E-state index in [9.17, 15) is 0 Å². The van der Waals surface area contributed by atoms with E-state index in [0.717, 1.165) is 12.5 Å². The predicted octanol–water partition coefficient (Wildman–Crippen LogP) is 2.82. The number of hydrogen-bond acceptors (Lipinski definition) is 3. The number of hydrogen-bond donors (Lipinski definition) is 1. The Morgan fingerprint density at radius 2 is 1.67 bits per heavy atom. The van der Waals surface area contributed by atoms with Gasteiger partial charge in [0.15, 0.2) is 0 Å². The van der Waals surface area contributed by atoms with Gasteiger partial charge in [0.2, 0.25) is 0 Å². The van der Waals surface area contributed by atoms with Gasteiger partial charge in [0.25, 0.3) is 0 Å². The van der Waals surface area contributed by atoms with Gasteiger partial charge >= 0.3 is 0 Å². The van der Waals surface area contributed by atoms with Gasteiger partial charge in [-0.15, -0.1) is 0 Å². The molecular weight excluding hydrogens is 258 g/mol. The smallest absolute Gasteiger partial charge is 0.0128 e. The van der Waals surface area contributed by atoms with Crippen LogP contribution in [-0.4, -0.2) is 61.7 Å². The summed E-state index contributed by atoms with van der Waals surface area (Å²) >= 11 is 0. The lowest BCUT2D eigenvalue weighted by Crippen LogP contribution is -2.49. The van der Waals surface area contributed by atoms with E-state index in [1.165, 1.54) is 65.0 Å². The summed E-state index contributed by atoms with van der Waals surface area (Å²) in [6.45, 7) is 18.3. The Kier molecular flexibility index (Phi) is 6.51. The molecule has 0 aromatic carbocycles. The summed E-state index contributed by atoms with van der Waals surface area (Å²) in [6, 6.07) is 0.641. The van der Waals surface area contributed by atoms with E-state index in [-0.39, 0.29) is 0 Å². The van der Waals surface area contributed by atoms with Gasteiger partial charge in [-0.1, -0.05) is 27.7 Å². The molecule has 0 aromatic heterocycles. The molecule has 3 nitrogen and oxygen atoms in total. The third-order valence-corrected chi connectivity index (χ3v) is 5.10. The average molecular weight is 296 g/mol. The van der Waals surface area contributed by atoms with E-state index in [2.05, 4.69) is 42.8 Å². The molecule has 1 N–H and O–H groups in total. The number of piperazine rings is 1. The van der Waals surface area contributed by atoms with Crippen molar-refractivity contribution in [2.75, 3.05) is 45.8 Å². The van der Waals surface area contributed by atoms with Crippen molar-refractivity contribution in [3.63, 3.8) is 0 Å². The molecule has 1 saturated carbocycles. The van der Waals surface area contributed by atoms with Crippen LogP contribution in [0.25, 0.3) is 0 Å². The fourth-order valence-electron chi connectivity index (χ4n) is 3.33. The minimum absolute atomic E-state index is 0.364. The van der Waals surface area contributed by atoms with E-state index < -0.39 is 0 Å². The second-order valence-electron chi connectivity index (χ2n) is 8.25. The predicted molar refractivity (Wildman–Crippen MR) is 91.8 cm³/mol. The SMILES string of the molecule is CCCNC(CCN1CCN(CC2CC2)CC1)C(C)(C)C. The molecule has 1 unspecified atom stereocenters. The first kappa shape index (κ1) is 17.2. The second-order valence-corrected chi connectivity index (χ2v) is 8.25. The van der Waals surface area contributed by atoms with Gasteiger partial charge in [0, 0.05) is 38.8 Å². The lowest BCUT2D eigenvalue weighted by Gasteiger charge is -2.37. The van der Waals surface area contributed by atoms with Crippen LogP contribution in [0.4, 0.5) is 0 Å². The summed E-state index contributed by atoms with van der Waals surface area (Å²) < 4.78 is 0. The molecule has 2 aliphatic rings. The standard InChI is InChI=1S/C18H37N3/c1-5-9-19-17(18(2,3)4)8-10-20-11-13-21(14-12-20)15-16-6-7-16/h16-17,19H,5-15H2,1-4H3. The highest BCUT2D eigenvalue weighted by atomic mass is 15.3. The van der Waals surface area contributed by atoms with Crippen molar-refractivity contribution in [1.82, 2.24) is 15.1 Å². The number of rotatable bonds is 8. The first-order chi connectivity index (χ1) is 9.99. The maximum Gasteiger partial charge on any atom is 0.0128 e. The number of nitrogens with one attached hydrogen (secondary N) is 1. The first-order valence-corrected chi connectivity index (χ1v) is 9.17. The molecule has 0 aromatic rings. The Morgan fingerprint density at radius 3 is 2.19 bits per heavy atom. The van der Waals surface area contributed by atoms with Crippen LogP contribution >= 0.6 is 0 Å². The lowest BCUT2D eigenvalue weighted by molar-refractivity contribution is 0.117. The van der Waals surface area contributed by atoms with Crippen LogP contribution in [0.5, 0.6) is 0 Å². The van der Waals surface area contributed by atoms with E-state index in [0.29, 0.717) is 11.5 Å². The van der Waals surface area contributed by atoms with Crippen LogP contribution in [0.3, 0.4) is 0 Å². The summed E-state index contributed by atoms with van der Waals surface area (Å²) in [4.78, 5) is 5.36. The summed E-state index contributed by atoms with van der Waals surface area (Å²) in [5, 5.41) is 3.76. The quantitative estimate of drug-likeness (QED) is 0.743. The van der Waals surface area contributed by atoms with Crippen LogP contribution in [0, 0.1) is 11.3 Å². The van der Waals surface area contributed by atoms with Crippen molar-refractivity contribution in [2.45, 2.75) is 59.4 Å². The minimum atomic E-state index is 0.364. The molecule has 1 saturated heterocycles. The zero-order chi connectivity index (χ0) is 15.3. The van der Waals surface area contributed by atoms with Crippen molar-refractivity contribution in [3.8, 4) is 0 Å². The molecule has 2 fully saturated rings. The second kappa shape index (κ2) is 7.94. The molecule has 1 aliphatic heterocycles. The highest BCUT2D eigenvalue weighted by molar-refractivity contribution is 4.84. The molecule has 1 atom stereocenters. The molecule has 21 heavy (non-hydrogen) atoms. The van der Waals surface area contributed by atoms with Crippen LogP contribution in [0.2, 0.25) is 0 Å². The molecular formula is C18H37N3. The van der Waals surface area contributed by atoms with Crippen molar-refractivity contribution in [1.29, 1.82) is 0 Å². The highest BCUT2D eigenvalue weighted by Crippen LogP contribution is 2.30. The lowest BCUT2D eigenvalue weighted by atomic mass is 9.84. The van der Waals surface area contributed by atoms with Gasteiger partial charge in [-0.05, 0) is 50.1 Å². The fourth-order valence-corrected chi connectivity index (χ4v) is 3.33. The van der Waals surface area contributed by atoms with Crippen molar-refractivity contribution < 1.29 is 0 Å². The Hall–Kier alpha value is -0.120. The number of nitrogens with zero attached hydrogens (tertiary/aromatic N) is 2. The maximum absolute atomic E-state index is 3.76. The molecule has 0 radical (unpaired) electrons. The largest absolute Gasteiger partial charge is 0.313 e. The molecule has 124 valence electrons. The fraction of sp³-hybridized carbons (Fsp3) is 1.00. The summed E-state index contributed by atoms with van der Waals surface area (Å²) in [5.74, 6) is 1.04. The molecule has 0 spiro atoms. The van der Waals surface area contributed by atoms with Crippen LogP contribution in [0.1, 0.15) is 53.4 Å². The van der Waals surface area contributed by atoms with Crippen molar-refractivity contribution in [2.24, 2.45) is 11.3 Å². The van der Waals surface area contributed by atoms with E-state index >= 15 is 0 Å². The molecule has 3 heteroatoms. The maximum atomic E-state index is 3.76. The van der Waals surface area contributed by atoms with Crippen LogP contribution in [0.15, 0.2) is 0 Å². The van der Waals surface area contributed by atoms with Gasteiger partial charge in [0.1, 0.15) is 0 Å². The van der Waals surface area contributed by atoms with E-state index in [4.69, 9.17) is 0 Å². The van der Waals surface area contributed by atoms with Crippen molar-refractivity contribution >= 4 is 0 Å². The van der Waals surface area contributed by atoms with Crippen molar-refractivity contribution in [3.05, 3.63) is 0 Å². The Balaban J connectivity index is 1.66. The minimum Gasteiger partial charge on any atom is -0.313 e. The van der Waals surface area contributed by atoms with Crippen LogP contribution in [-0.2, 0) is 0 Å². The Bertz CT molecular complexity index is 285. The normalized spacial score (nSPS) is 23.4. The summed E-state index contributed by atoms with van der Waals surface area (Å²) in [7, 11) is 0. The average Bonchev–Trinajstić information content (AvgIpc) is 3.23. The molecule has 1 aliphatic carbocycles. The molecule has 2 rings (SSSR count). The zero-order valence-electron chi connectivity index (χ0n) is 14.8. The van der Waals surface area contributed by atoms with Crippen LogP contribution < -0.4 is 5.32 Å². The highest BCUT2D eigenvalue weighted by Gasteiger charge is 2.28. The summed E-state index contributed by atoms with van der Waals surface area (Å²) in [5.41, 5.74) is 0.364. The topological polar surface area (TPSA) is 18.5 Å². The van der Waals surface area contributed by atoms with Gasteiger partial charge in [0.05, 0.1) is 0 Å². The third kappa shape index (κ3) is 6.25. The zero-order valence-corrected chi connectivity index (χ0v) is 14.8. The molecule has 1 heterocycles. The van der Waals surface area contributed by atoms with E-state index in [1.54, 1.807) is 0 Å². The monoisotopic (exact) mass is 295 g/mol. The van der Waals surface area contributed by atoms with Gasteiger partial charge in [-0.2, -0.15) is 0 Å². The molecule has 0 amide bonds. The summed E-state index contributed by atoms with van der Waals surface area (Å²) in [6.07, 6.45) is 5.48. The van der Waals surface area contributed by atoms with Gasteiger partial charge < -0.3 is 15.1 Å². The first-order valence-electron chi connectivity index (χ1n) is 9.17.